The van der Waals surface area contributed by atoms with Crippen LogP contribution in [0.15, 0.2) is 65.8 Å². The molecule has 10 heteroatoms. The van der Waals surface area contributed by atoms with Gasteiger partial charge in [0, 0.05) is 16.8 Å². The van der Waals surface area contributed by atoms with Crippen LogP contribution in [0.5, 0.6) is 23.0 Å². The van der Waals surface area contributed by atoms with Gasteiger partial charge in [-0.25, -0.2) is 4.39 Å². The van der Waals surface area contributed by atoms with Crippen LogP contribution in [0.1, 0.15) is 10.4 Å². The number of ketones is 1. The van der Waals surface area contributed by atoms with Gasteiger partial charge in [-0.15, -0.1) is 10.2 Å². The van der Waals surface area contributed by atoms with Gasteiger partial charge < -0.3 is 18.9 Å². The number of hydrogen-bond donors (Lipinski definition) is 0. The molecule has 1 heterocycles. The summed E-state index contributed by atoms with van der Waals surface area (Å²) in [6, 6.07) is 16.4. The highest BCUT2D eigenvalue weighted by Crippen LogP contribution is 2.41. The third kappa shape index (κ3) is 5.13. The number of hydrogen-bond acceptors (Lipinski definition) is 8. The van der Waals surface area contributed by atoms with Crippen LogP contribution in [0.3, 0.4) is 0 Å². The molecule has 0 unspecified atom stereocenters. The molecular weight excluding hydrogens is 485 g/mol. The molecule has 0 bridgehead atoms. The van der Waals surface area contributed by atoms with Crippen LogP contribution >= 0.6 is 11.8 Å². The molecule has 3 aromatic carbocycles. The molecule has 0 aliphatic heterocycles. The second-order valence-electron chi connectivity index (χ2n) is 7.47. The monoisotopic (exact) mass is 509 g/mol. The summed E-state index contributed by atoms with van der Waals surface area (Å²) in [5.41, 5.74) is 1.86. The predicted octanol–water partition coefficient (Wildman–Crippen LogP) is 5.08. The Morgan fingerprint density at radius 3 is 2.06 bits per heavy atom. The van der Waals surface area contributed by atoms with E-state index >= 15 is 0 Å². The van der Waals surface area contributed by atoms with Crippen molar-refractivity contribution in [3.05, 3.63) is 72.0 Å². The van der Waals surface area contributed by atoms with Crippen molar-refractivity contribution in [3.63, 3.8) is 0 Å². The summed E-state index contributed by atoms with van der Waals surface area (Å²) in [6.45, 7) is 0. The van der Waals surface area contributed by atoms with Gasteiger partial charge in [0.1, 0.15) is 11.6 Å². The number of benzene rings is 3. The Bertz CT molecular complexity index is 1330. The third-order valence-electron chi connectivity index (χ3n) is 5.39. The Balaban J connectivity index is 1.76. The van der Waals surface area contributed by atoms with Crippen LogP contribution in [-0.2, 0) is 0 Å². The summed E-state index contributed by atoms with van der Waals surface area (Å²) in [7, 11) is 6.21. The minimum Gasteiger partial charge on any atom is -0.497 e. The average molecular weight is 510 g/mol. The normalized spacial score (nSPS) is 10.7. The molecule has 0 radical (unpaired) electrons. The molecule has 8 nitrogen and oxygen atoms in total. The van der Waals surface area contributed by atoms with Crippen molar-refractivity contribution in [2.75, 3.05) is 34.2 Å². The minimum absolute atomic E-state index is 0.0924. The van der Waals surface area contributed by atoms with E-state index in [1.54, 1.807) is 19.2 Å². The molecule has 0 aliphatic carbocycles. The Labute approximate surface area is 212 Å². The molecule has 186 valence electrons. The lowest BCUT2D eigenvalue weighted by atomic mass is 10.1. The summed E-state index contributed by atoms with van der Waals surface area (Å²) in [6.07, 6.45) is 0. The third-order valence-corrected chi connectivity index (χ3v) is 6.31. The number of rotatable bonds is 10. The number of thioether (sulfide) groups is 1. The maximum atomic E-state index is 13.2. The first kappa shape index (κ1) is 25.1. The summed E-state index contributed by atoms with van der Waals surface area (Å²) in [5.74, 6) is 2.15. The van der Waals surface area contributed by atoms with Gasteiger partial charge in [0.15, 0.2) is 28.3 Å². The number of carbonyl (C=O) groups excluding carboxylic acids is 1. The Morgan fingerprint density at radius 2 is 1.50 bits per heavy atom. The van der Waals surface area contributed by atoms with E-state index in [0.29, 0.717) is 45.1 Å². The van der Waals surface area contributed by atoms with Gasteiger partial charge in [0.25, 0.3) is 0 Å². The van der Waals surface area contributed by atoms with E-state index < -0.39 is 5.82 Å². The molecule has 0 spiro atoms. The van der Waals surface area contributed by atoms with Crippen LogP contribution in [0.25, 0.3) is 17.1 Å². The summed E-state index contributed by atoms with van der Waals surface area (Å²) in [5, 5.41) is 9.29. The number of Topliss-reactive ketones (excluding diaryl/α,β-unsaturated/α-hetero) is 1. The molecule has 4 aromatic rings. The van der Waals surface area contributed by atoms with Gasteiger partial charge >= 0.3 is 0 Å². The van der Waals surface area contributed by atoms with E-state index in [1.807, 2.05) is 28.8 Å². The maximum Gasteiger partial charge on any atom is 0.203 e. The molecule has 0 aliphatic rings. The fourth-order valence-corrected chi connectivity index (χ4v) is 4.42. The quantitative estimate of drug-likeness (QED) is 0.216. The predicted molar refractivity (Wildman–Crippen MR) is 134 cm³/mol. The highest BCUT2D eigenvalue weighted by molar-refractivity contribution is 7.99. The van der Waals surface area contributed by atoms with Gasteiger partial charge in [0.2, 0.25) is 5.75 Å². The first-order chi connectivity index (χ1) is 17.5. The van der Waals surface area contributed by atoms with Crippen molar-refractivity contribution in [1.82, 2.24) is 14.8 Å². The molecule has 0 amide bonds. The van der Waals surface area contributed by atoms with Crippen molar-refractivity contribution in [3.8, 4) is 40.1 Å². The molecule has 0 atom stereocenters. The lowest BCUT2D eigenvalue weighted by molar-refractivity contribution is 0.102. The fourth-order valence-electron chi connectivity index (χ4n) is 3.57. The number of nitrogens with zero attached hydrogens (tertiary/aromatic N) is 3. The number of aromatic nitrogens is 3. The fraction of sp³-hybridized carbons (Fsp3) is 0.192. The van der Waals surface area contributed by atoms with Gasteiger partial charge in [-0.2, -0.15) is 0 Å². The SMILES string of the molecule is COc1ccc(-n2c(SCC(=O)c3ccc(F)cc3)nnc2-c2cc(OC)c(OC)c(OC)c2)cc1. The van der Waals surface area contributed by atoms with E-state index in [2.05, 4.69) is 10.2 Å². The van der Waals surface area contributed by atoms with E-state index in [-0.39, 0.29) is 11.5 Å². The van der Waals surface area contributed by atoms with Crippen LogP contribution < -0.4 is 18.9 Å². The summed E-state index contributed by atoms with van der Waals surface area (Å²) < 4.78 is 36.8. The zero-order valence-corrected chi connectivity index (χ0v) is 21.0. The smallest absolute Gasteiger partial charge is 0.203 e. The van der Waals surface area contributed by atoms with Crippen molar-refractivity contribution < 1.29 is 28.1 Å². The Kier molecular flexibility index (Phi) is 7.74. The van der Waals surface area contributed by atoms with E-state index in [4.69, 9.17) is 18.9 Å². The number of ether oxygens (including phenoxy) is 4. The van der Waals surface area contributed by atoms with Crippen molar-refractivity contribution >= 4 is 17.5 Å². The van der Waals surface area contributed by atoms with E-state index in [0.717, 1.165) is 5.69 Å². The molecule has 0 fully saturated rings. The van der Waals surface area contributed by atoms with Gasteiger partial charge in [-0.1, -0.05) is 11.8 Å². The standard InChI is InChI=1S/C26H24FN3O5S/c1-32-20-11-9-19(10-12-20)30-25(17-13-22(33-2)24(35-4)23(14-17)34-3)28-29-26(30)36-15-21(31)16-5-7-18(27)8-6-16/h5-14H,15H2,1-4H3. The molecule has 1 aromatic heterocycles. The first-order valence-corrected chi connectivity index (χ1v) is 11.8. The van der Waals surface area contributed by atoms with Crippen LogP contribution in [0.2, 0.25) is 0 Å². The highest BCUT2D eigenvalue weighted by Gasteiger charge is 2.21. The zero-order valence-electron chi connectivity index (χ0n) is 20.1. The largest absolute Gasteiger partial charge is 0.497 e. The minimum atomic E-state index is -0.395. The van der Waals surface area contributed by atoms with Gasteiger partial charge in [0.05, 0.1) is 34.2 Å². The van der Waals surface area contributed by atoms with Crippen LogP contribution in [0, 0.1) is 5.82 Å². The molecule has 0 saturated heterocycles. The van der Waals surface area contributed by atoms with Crippen molar-refractivity contribution in [2.24, 2.45) is 0 Å². The van der Waals surface area contributed by atoms with Gasteiger partial charge in [-0.05, 0) is 60.7 Å². The first-order valence-electron chi connectivity index (χ1n) is 10.8. The second kappa shape index (κ2) is 11.1. The summed E-state index contributed by atoms with van der Waals surface area (Å²) in [4.78, 5) is 12.7. The molecule has 0 saturated carbocycles. The van der Waals surface area contributed by atoms with Crippen molar-refractivity contribution in [2.45, 2.75) is 5.16 Å². The zero-order chi connectivity index (χ0) is 25.7. The number of methoxy groups -OCH3 is 4. The lowest BCUT2D eigenvalue weighted by Crippen LogP contribution is -2.05. The number of carbonyl (C=O) groups is 1. The molecule has 4 rings (SSSR count). The Hall–Kier alpha value is -4.05. The van der Waals surface area contributed by atoms with E-state index in [1.165, 1.54) is 57.4 Å². The number of halogens is 1. The van der Waals surface area contributed by atoms with Crippen LogP contribution in [0.4, 0.5) is 4.39 Å². The second-order valence-corrected chi connectivity index (χ2v) is 8.41. The molecule has 0 N–H and O–H groups in total. The summed E-state index contributed by atoms with van der Waals surface area (Å²) >= 11 is 1.23. The van der Waals surface area contributed by atoms with Crippen molar-refractivity contribution in [1.29, 1.82) is 0 Å². The lowest BCUT2D eigenvalue weighted by Gasteiger charge is -2.15. The van der Waals surface area contributed by atoms with E-state index in [9.17, 15) is 9.18 Å². The molecule has 36 heavy (non-hydrogen) atoms. The highest BCUT2D eigenvalue weighted by atomic mass is 32.2. The van der Waals surface area contributed by atoms with Crippen LogP contribution in [-0.4, -0.2) is 54.7 Å². The topological polar surface area (TPSA) is 84.7 Å². The molecular formula is C26H24FN3O5S. The maximum absolute atomic E-state index is 13.2. The van der Waals surface area contributed by atoms with Gasteiger partial charge in [-0.3, -0.25) is 9.36 Å². The Morgan fingerprint density at radius 1 is 0.861 bits per heavy atom. The average Bonchev–Trinajstić information content (AvgIpc) is 3.35.